The highest BCUT2D eigenvalue weighted by Gasteiger charge is 2.00. The molecule has 0 aliphatic carbocycles. The second kappa shape index (κ2) is 4.78. The molecular formula is C9H7BrN6. The molecule has 0 fully saturated rings. The molecule has 0 bridgehead atoms. The SMILES string of the molecule is [N-]=[N+]=NCc1cn(-c2ccc(Br)cn2)cn1. The highest BCUT2D eigenvalue weighted by Crippen LogP contribution is 2.11. The lowest BCUT2D eigenvalue weighted by molar-refractivity contribution is 0.983. The number of pyridine rings is 1. The van der Waals surface area contributed by atoms with Gasteiger partial charge in [0.25, 0.3) is 0 Å². The Hall–Kier alpha value is -1.85. The fourth-order valence-electron chi connectivity index (χ4n) is 1.20. The van der Waals surface area contributed by atoms with Gasteiger partial charge in [-0.2, -0.15) is 0 Å². The van der Waals surface area contributed by atoms with Crippen LogP contribution in [0.5, 0.6) is 0 Å². The molecule has 2 aromatic rings. The summed E-state index contributed by atoms with van der Waals surface area (Å²) in [6.07, 6.45) is 5.13. The Labute approximate surface area is 99.7 Å². The molecule has 7 heteroatoms. The zero-order chi connectivity index (χ0) is 11.4. The molecule has 0 aromatic carbocycles. The van der Waals surface area contributed by atoms with Crippen LogP contribution in [-0.4, -0.2) is 14.5 Å². The molecule has 0 radical (unpaired) electrons. The van der Waals surface area contributed by atoms with Crippen molar-refractivity contribution in [1.29, 1.82) is 0 Å². The van der Waals surface area contributed by atoms with Gasteiger partial charge in [-0.1, -0.05) is 5.11 Å². The molecule has 16 heavy (non-hydrogen) atoms. The molecule has 0 amide bonds. The van der Waals surface area contributed by atoms with Crippen LogP contribution in [-0.2, 0) is 6.54 Å². The largest absolute Gasteiger partial charge is 0.290 e. The summed E-state index contributed by atoms with van der Waals surface area (Å²) in [5.74, 6) is 0.767. The smallest absolute Gasteiger partial charge is 0.137 e. The van der Waals surface area contributed by atoms with Crippen molar-refractivity contribution in [1.82, 2.24) is 14.5 Å². The van der Waals surface area contributed by atoms with Gasteiger partial charge in [0.1, 0.15) is 12.1 Å². The van der Waals surface area contributed by atoms with E-state index < -0.39 is 0 Å². The van der Waals surface area contributed by atoms with Gasteiger partial charge in [0.2, 0.25) is 0 Å². The quantitative estimate of drug-likeness (QED) is 0.492. The number of imidazole rings is 1. The first-order valence-electron chi connectivity index (χ1n) is 4.45. The van der Waals surface area contributed by atoms with Crippen molar-refractivity contribution in [3.05, 3.63) is 51.5 Å². The maximum Gasteiger partial charge on any atom is 0.137 e. The summed E-state index contributed by atoms with van der Waals surface area (Å²) < 4.78 is 2.69. The minimum absolute atomic E-state index is 0.250. The van der Waals surface area contributed by atoms with Crippen molar-refractivity contribution in [3.8, 4) is 5.82 Å². The van der Waals surface area contributed by atoms with Crippen molar-refractivity contribution in [2.75, 3.05) is 0 Å². The zero-order valence-corrected chi connectivity index (χ0v) is 9.74. The van der Waals surface area contributed by atoms with Gasteiger partial charge in [0, 0.05) is 21.8 Å². The molecule has 0 unspecified atom stereocenters. The van der Waals surface area contributed by atoms with Crippen LogP contribution < -0.4 is 0 Å². The molecule has 0 N–H and O–H groups in total. The van der Waals surface area contributed by atoms with E-state index in [1.165, 1.54) is 0 Å². The Morgan fingerprint density at radius 1 is 1.44 bits per heavy atom. The molecule has 0 aliphatic rings. The average molecular weight is 279 g/mol. The minimum Gasteiger partial charge on any atom is -0.290 e. The van der Waals surface area contributed by atoms with Crippen LogP contribution in [0.1, 0.15) is 5.69 Å². The monoisotopic (exact) mass is 278 g/mol. The first kappa shape index (κ1) is 10.7. The van der Waals surface area contributed by atoms with E-state index in [4.69, 9.17) is 5.53 Å². The van der Waals surface area contributed by atoms with Crippen LogP contribution in [0.3, 0.4) is 0 Å². The third-order valence-corrected chi connectivity index (χ3v) is 2.38. The van der Waals surface area contributed by atoms with E-state index in [0.717, 1.165) is 10.3 Å². The first-order valence-corrected chi connectivity index (χ1v) is 5.24. The van der Waals surface area contributed by atoms with Gasteiger partial charge in [-0.3, -0.25) is 4.57 Å². The first-order chi connectivity index (χ1) is 7.79. The van der Waals surface area contributed by atoms with Crippen molar-refractivity contribution in [2.45, 2.75) is 6.54 Å². The molecule has 2 heterocycles. The molecule has 0 saturated carbocycles. The van der Waals surface area contributed by atoms with Crippen LogP contribution >= 0.6 is 15.9 Å². The van der Waals surface area contributed by atoms with Gasteiger partial charge in [-0.25, -0.2) is 9.97 Å². The van der Waals surface area contributed by atoms with E-state index in [0.29, 0.717) is 5.69 Å². The molecule has 80 valence electrons. The number of azide groups is 1. The van der Waals surface area contributed by atoms with Crippen LogP contribution in [0.4, 0.5) is 0 Å². The summed E-state index contributed by atoms with van der Waals surface area (Å²) >= 11 is 3.31. The van der Waals surface area contributed by atoms with E-state index in [1.807, 2.05) is 12.1 Å². The molecule has 0 aliphatic heterocycles. The van der Waals surface area contributed by atoms with E-state index in [9.17, 15) is 0 Å². The van der Waals surface area contributed by atoms with Gasteiger partial charge < -0.3 is 0 Å². The summed E-state index contributed by atoms with van der Waals surface area (Å²) in [4.78, 5) is 11.0. The number of nitrogens with zero attached hydrogens (tertiary/aromatic N) is 6. The molecule has 6 nitrogen and oxygen atoms in total. The van der Waals surface area contributed by atoms with Crippen molar-refractivity contribution >= 4 is 15.9 Å². The summed E-state index contributed by atoms with van der Waals surface area (Å²) in [6.45, 7) is 0.250. The molecular weight excluding hydrogens is 272 g/mol. The van der Waals surface area contributed by atoms with Crippen LogP contribution in [0.15, 0.2) is 40.4 Å². The molecule has 2 rings (SSSR count). The third kappa shape index (κ3) is 2.39. The summed E-state index contributed by atoms with van der Waals surface area (Å²) in [7, 11) is 0. The topological polar surface area (TPSA) is 79.5 Å². The number of aromatic nitrogens is 3. The van der Waals surface area contributed by atoms with Gasteiger partial charge in [0.05, 0.1) is 12.2 Å². The Morgan fingerprint density at radius 3 is 3.00 bits per heavy atom. The second-order valence-electron chi connectivity index (χ2n) is 3.00. The third-order valence-electron chi connectivity index (χ3n) is 1.91. The minimum atomic E-state index is 0.250. The average Bonchev–Trinajstić information content (AvgIpc) is 2.76. The lowest BCUT2D eigenvalue weighted by Crippen LogP contribution is -1.92. The number of hydrogen-bond donors (Lipinski definition) is 0. The summed E-state index contributed by atoms with van der Waals surface area (Å²) in [5, 5.41) is 3.44. The maximum absolute atomic E-state index is 8.19. The summed E-state index contributed by atoms with van der Waals surface area (Å²) in [5.41, 5.74) is 8.90. The van der Waals surface area contributed by atoms with E-state index in [2.05, 4.69) is 35.9 Å². The Kier molecular flexibility index (Phi) is 3.19. The van der Waals surface area contributed by atoms with Gasteiger partial charge in [0.15, 0.2) is 0 Å². The normalized spacial score (nSPS) is 9.81. The van der Waals surface area contributed by atoms with E-state index >= 15 is 0 Å². The second-order valence-corrected chi connectivity index (χ2v) is 3.91. The van der Waals surface area contributed by atoms with E-state index in [1.54, 1.807) is 23.3 Å². The Morgan fingerprint density at radius 2 is 2.31 bits per heavy atom. The van der Waals surface area contributed by atoms with Crippen LogP contribution in [0, 0.1) is 0 Å². The number of hydrogen-bond acceptors (Lipinski definition) is 3. The molecule has 0 saturated heterocycles. The highest BCUT2D eigenvalue weighted by molar-refractivity contribution is 9.10. The van der Waals surface area contributed by atoms with Gasteiger partial charge in [-0.15, -0.1) is 0 Å². The number of rotatable bonds is 3. The lowest BCUT2D eigenvalue weighted by atomic mass is 10.4. The van der Waals surface area contributed by atoms with Gasteiger partial charge in [-0.05, 0) is 33.6 Å². The fraction of sp³-hybridized carbons (Fsp3) is 0.111. The molecule has 2 aromatic heterocycles. The molecule has 0 spiro atoms. The predicted molar refractivity (Wildman–Crippen MR) is 61.9 cm³/mol. The standard InChI is InChI=1S/C9H7BrN6/c10-7-1-2-9(12-3-7)16-5-8(13-6-16)4-14-15-11/h1-3,5-6H,4H2. The fourth-order valence-corrected chi connectivity index (χ4v) is 1.43. The Bertz CT molecular complexity index is 525. The maximum atomic E-state index is 8.19. The van der Waals surface area contributed by atoms with Crippen LogP contribution in [0.25, 0.3) is 16.3 Å². The van der Waals surface area contributed by atoms with Crippen molar-refractivity contribution in [3.63, 3.8) is 0 Å². The number of halogens is 1. The predicted octanol–water partition coefficient (Wildman–Crippen LogP) is 2.84. The molecule has 0 atom stereocenters. The van der Waals surface area contributed by atoms with Crippen molar-refractivity contribution < 1.29 is 0 Å². The van der Waals surface area contributed by atoms with Crippen molar-refractivity contribution in [2.24, 2.45) is 5.11 Å². The van der Waals surface area contributed by atoms with Crippen LogP contribution in [0.2, 0.25) is 0 Å². The van der Waals surface area contributed by atoms with E-state index in [-0.39, 0.29) is 6.54 Å². The highest BCUT2D eigenvalue weighted by atomic mass is 79.9. The van der Waals surface area contributed by atoms with Gasteiger partial charge >= 0.3 is 0 Å². The summed E-state index contributed by atoms with van der Waals surface area (Å²) in [6, 6.07) is 3.76. The zero-order valence-electron chi connectivity index (χ0n) is 8.16. The Balaban J connectivity index is 2.24. The lowest BCUT2D eigenvalue weighted by Gasteiger charge is -1.99.